The average Bonchev–Trinajstić information content (AvgIpc) is 2.49. The second-order valence-corrected chi connectivity index (χ2v) is 6.58. The number of benzene rings is 1. The van der Waals surface area contributed by atoms with Crippen LogP contribution in [0.15, 0.2) is 24.3 Å². The summed E-state index contributed by atoms with van der Waals surface area (Å²) in [4.78, 5) is 2.57. The molecular formula is C17H27ClN2. The number of likely N-dealkylation sites (N-methyl/N-ethyl adjacent to an activating group) is 1. The fraction of sp³-hybridized carbons (Fsp3) is 0.647. The van der Waals surface area contributed by atoms with Crippen LogP contribution in [0.4, 0.5) is 0 Å². The normalized spacial score (nSPS) is 24.9. The van der Waals surface area contributed by atoms with Crippen molar-refractivity contribution < 1.29 is 0 Å². The van der Waals surface area contributed by atoms with Crippen LogP contribution in [0.5, 0.6) is 0 Å². The minimum atomic E-state index is 0.576. The molecule has 1 atom stereocenters. The van der Waals surface area contributed by atoms with E-state index in [1.54, 1.807) is 0 Å². The summed E-state index contributed by atoms with van der Waals surface area (Å²) in [5.41, 5.74) is 1.37. The first-order valence-corrected chi connectivity index (χ1v) is 8.11. The van der Waals surface area contributed by atoms with E-state index in [1.807, 2.05) is 12.1 Å². The Bertz CT molecular complexity index is 396. The zero-order chi connectivity index (χ0) is 14.5. The van der Waals surface area contributed by atoms with Gasteiger partial charge in [0.1, 0.15) is 0 Å². The van der Waals surface area contributed by atoms with Gasteiger partial charge in [-0.3, -0.25) is 0 Å². The predicted octanol–water partition coefficient (Wildman–Crippen LogP) is 3.73. The van der Waals surface area contributed by atoms with Crippen LogP contribution in [0, 0.1) is 0 Å². The van der Waals surface area contributed by atoms with Crippen LogP contribution < -0.4 is 5.32 Å². The van der Waals surface area contributed by atoms with Gasteiger partial charge < -0.3 is 10.2 Å². The Morgan fingerprint density at radius 1 is 1.20 bits per heavy atom. The highest BCUT2D eigenvalue weighted by Gasteiger charge is 2.25. The van der Waals surface area contributed by atoms with Gasteiger partial charge in [0.05, 0.1) is 0 Å². The maximum Gasteiger partial charge on any atom is 0.0406 e. The maximum atomic E-state index is 5.94. The Morgan fingerprint density at radius 3 is 2.35 bits per heavy atom. The van der Waals surface area contributed by atoms with E-state index in [0.29, 0.717) is 6.04 Å². The Hall–Kier alpha value is -0.570. The minimum absolute atomic E-state index is 0.576. The summed E-state index contributed by atoms with van der Waals surface area (Å²) in [6.45, 7) is 2.33. The lowest BCUT2D eigenvalue weighted by molar-refractivity contribution is 0.135. The first-order valence-electron chi connectivity index (χ1n) is 7.73. The minimum Gasteiger partial charge on any atom is -0.317 e. The molecule has 1 aromatic rings. The molecular weight excluding hydrogens is 268 g/mol. The van der Waals surface area contributed by atoms with Gasteiger partial charge in [0.2, 0.25) is 0 Å². The second-order valence-electron chi connectivity index (χ2n) is 6.14. The van der Waals surface area contributed by atoms with Crippen molar-refractivity contribution in [2.75, 3.05) is 14.1 Å². The van der Waals surface area contributed by atoms with Gasteiger partial charge in [0.15, 0.2) is 0 Å². The molecule has 1 aromatic carbocycles. The lowest BCUT2D eigenvalue weighted by Gasteiger charge is -2.38. The van der Waals surface area contributed by atoms with Gasteiger partial charge in [-0.15, -0.1) is 0 Å². The van der Waals surface area contributed by atoms with E-state index in [0.717, 1.165) is 23.5 Å². The molecule has 1 N–H and O–H groups in total. The third-order valence-corrected chi connectivity index (χ3v) is 5.07. The van der Waals surface area contributed by atoms with E-state index in [2.05, 4.69) is 43.4 Å². The van der Waals surface area contributed by atoms with Gasteiger partial charge in [-0.2, -0.15) is 0 Å². The summed E-state index contributed by atoms with van der Waals surface area (Å²) in [5.74, 6) is 0. The highest BCUT2D eigenvalue weighted by molar-refractivity contribution is 6.30. The maximum absolute atomic E-state index is 5.94. The molecule has 112 valence electrons. The summed E-state index contributed by atoms with van der Waals surface area (Å²) in [6.07, 6.45) is 6.33. The molecule has 0 bridgehead atoms. The van der Waals surface area contributed by atoms with Gasteiger partial charge in [0.25, 0.3) is 0 Å². The largest absolute Gasteiger partial charge is 0.317 e. The Morgan fingerprint density at radius 2 is 1.80 bits per heavy atom. The SMILES string of the molecule is CNC1CCC(N(C)C(C)Cc2ccc(Cl)cc2)CC1. The van der Waals surface area contributed by atoms with Crippen LogP contribution in [0.1, 0.15) is 38.2 Å². The van der Waals surface area contributed by atoms with Gasteiger partial charge >= 0.3 is 0 Å². The van der Waals surface area contributed by atoms with E-state index >= 15 is 0 Å². The van der Waals surface area contributed by atoms with Crippen LogP contribution in [-0.4, -0.2) is 37.1 Å². The summed E-state index contributed by atoms with van der Waals surface area (Å²) >= 11 is 5.94. The molecule has 2 rings (SSSR count). The highest BCUT2D eigenvalue weighted by atomic mass is 35.5. The highest BCUT2D eigenvalue weighted by Crippen LogP contribution is 2.24. The number of nitrogens with one attached hydrogen (secondary N) is 1. The molecule has 1 aliphatic rings. The number of halogens is 1. The lowest BCUT2D eigenvalue weighted by Crippen LogP contribution is -2.44. The zero-order valence-corrected chi connectivity index (χ0v) is 13.7. The van der Waals surface area contributed by atoms with Crippen molar-refractivity contribution in [3.8, 4) is 0 Å². The summed E-state index contributed by atoms with van der Waals surface area (Å²) < 4.78 is 0. The molecule has 0 aliphatic heterocycles. The number of hydrogen-bond donors (Lipinski definition) is 1. The third kappa shape index (κ3) is 4.21. The van der Waals surface area contributed by atoms with Gasteiger partial charge in [-0.1, -0.05) is 23.7 Å². The van der Waals surface area contributed by atoms with Crippen molar-refractivity contribution >= 4 is 11.6 Å². The molecule has 0 saturated heterocycles. The van der Waals surface area contributed by atoms with Crippen molar-refractivity contribution in [3.63, 3.8) is 0 Å². The average molecular weight is 295 g/mol. The molecule has 0 aromatic heterocycles. The monoisotopic (exact) mass is 294 g/mol. The van der Waals surface area contributed by atoms with Crippen LogP contribution in [0.2, 0.25) is 5.02 Å². The van der Waals surface area contributed by atoms with Crippen molar-refractivity contribution in [2.24, 2.45) is 0 Å². The molecule has 0 heterocycles. The van der Waals surface area contributed by atoms with E-state index in [4.69, 9.17) is 11.6 Å². The second kappa shape index (κ2) is 7.44. The quantitative estimate of drug-likeness (QED) is 0.890. The van der Waals surface area contributed by atoms with E-state index < -0.39 is 0 Å². The Balaban J connectivity index is 1.85. The zero-order valence-electron chi connectivity index (χ0n) is 12.9. The molecule has 0 amide bonds. The molecule has 1 fully saturated rings. The number of rotatable bonds is 5. The third-order valence-electron chi connectivity index (χ3n) is 4.82. The lowest BCUT2D eigenvalue weighted by atomic mass is 9.89. The summed E-state index contributed by atoms with van der Waals surface area (Å²) in [7, 11) is 4.36. The molecule has 1 saturated carbocycles. The van der Waals surface area contributed by atoms with E-state index in [1.165, 1.54) is 31.2 Å². The molecule has 3 heteroatoms. The van der Waals surface area contributed by atoms with E-state index in [-0.39, 0.29) is 0 Å². The molecule has 2 nitrogen and oxygen atoms in total. The van der Waals surface area contributed by atoms with Crippen LogP contribution in [0.3, 0.4) is 0 Å². The standard InChI is InChI=1S/C17H27ClN2/c1-13(12-14-4-6-15(18)7-5-14)20(3)17-10-8-16(19-2)9-11-17/h4-7,13,16-17,19H,8-12H2,1-3H3. The van der Waals surface area contributed by atoms with Gasteiger partial charge in [0, 0.05) is 23.1 Å². The smallest absolute Gasteiger partial charge is 0.0406 e. The van der Waals surface area contributed by atoms with Crippen molar-refractivity contribution in [1.29, 1.82) is 0 Å². The first kappa shape index (κ1) is 15.8. The van der Waals surface area contributed by atoms with E-state index in [9.17, 15) is 0 Å². The molecule has 1 aliphatic carbocycles. The predicted molar refractivity (Wildman–Crippen MR) is 87.5 cm³/mol. The first-order chi connectivity index (χ1) is 9.60. The van der Waals surface area contributed by atoms with Gasteiger partial charge in [-0.25, -0.2) is 0 Å². The fourth-order valence-electron chi connectivity index (χ4n) is 3.24. The molecule has 0 spiro atoms. The van der Waals surface area contributed by atoms with Crippen molar-refractivity contribution in [1.82, 2.24) is 10.2 Å². The van der Waals surface area contributed by atoms with Crippen molar-refractivity contribution in [3.05, 3.63) is 34.9 Å². The Labute approximate surface area is 128 Å². The Kier molecular flexibility index (Phi) is 5.88. The summed E-state index contributed by atoms with van der Waals surface area (Å²) in [6, 6.07) is 10.3. The molecule has 1 unspecified atom stereocenters. The topological polar surface area (TPSA) is 15.3 Å². The number of nitrogens with zero attached hydrogens (tertiary/aromatic N) is 1. The summed E-state index contributed by atoms with van der Waals surface area (Å²) in [5, 5.41) is 4.23. The van der Waals surface area contributed by atoms with Crippen molar-refractivity contribution in [2.45, 2.75) is 57.2 Å². The fourth-order valence-corrected chi connectivity index (χ4v) is 3.36. The van der Waals surface area contributed by atoms with Crippen LogP contribution in [-0.2, 0) is 6.42 Å². The molecule has 0 radical (unpaired) electrons. The molecule has 20 heavy (non-hydrogen) atoms. The van der Waals surface area contributed by atoms with Crippen LogP contribution in [0.25, 0.3) is 0 Å². The van der Waals surface area contributed by atoms with Gasteiger partial charge in [-0.05, 0) is 70.8 Å². The van der Waals surface area contributed by atoms with Crippen LogP contribution >= 0.6 is 11.6 Å². The number of hydrogen-bond acceptors (Lipinski definition) is 2.